The number of aliphatic hydroxyl groups is 1. The number of ketones is 1. The first-order valence-electron chi connectivity index (χ1n) is 8.55. The molecule has 1 aromatic heterocycles. The monoisotopic (exact) mass is 393 g/mol. The molecule has 0 saturated carbocycles. The highest BCUT2D eigenvalue weighted by molar-refractivity contribution is 7.98. The van der Waals surface area contributed by atoms with Crippen LogP contribution in [-0.4, -0.2) is 41.0 Å². The van der Waals surface area contributed by atoms with Crippen LogP contribution in [0, 0.1) is 12.7 Å². The summed E-state index contributed by atoms with van der Waals surface area (Å²) in [5.74, 6) is -0.691. The van der Waals surface area contributed by atoms with E-state index in [1.165, 1.54) is 28.5 Å². The van der Waals surface area contributed by atoms with E-state index < -0.39 is 6.10 Å². The number of nitrogens with zero attached hydrogens (tertiary/aromatic N) is 1. The van der Waals surface area contributed by atoms with Crippen LogP contribution in [0.1, 0.15) is 34.1 Å². The summed E-state index contributed by atoms with van der Waals surface area (Å²) in [7, 11) is 1.58. The van der Waals surface area contributed by atoms with Crippen LogP contribution in [0.3, 0.4) is 0 Å². The summed E-state index contributed by atoms with van der Waals surface area (Å²) in [5.41, 5.74) is 1.37. The molecular weight excluding hydrogens is 369 g/mol. The number of ether oxygens (including phenoxy) is 1. The number of aromatic nitrogens is 1. The van der Waals surface area contributed by atoms with Crippen LogP contribution in [0.25, 0.3) is 0 Å². The highest BCUT2D eigenvalue weighted by Crippen LogP contribution is 2.22. The number of aliphatic hydroxyl groups excluding tert-OH is 1. The Balaban J connectivity index is 2.41. The lowest BCUT2D eigenvalue weighted by molar-refractivity contribution is 0.0424. The number of hydrogen-bond donors (Lipinski definition) is 1. The number of rotatable bonds is 8. The van der Waals surface area contributed by atoms with E-state index in [0.29, 0.717) is 22.4 Å². The largest absolute Gasteiger partial charge is 0.391 e. The van der Waals surface area contributed by atoms with Crippen molar-refractivity contribution in [2.75, 3.05) is 19.5 Å². The topological polar surface area (TPSA) is 68.5 Å². The lowest BCUT2D eigenvalue weighted by Gasteiger charge is -2.16. The van der Waals surface area contributed by atoms with Gasteiger partial charge in [0.2, 0.25) is 0 Å². The zero-order valence-corrected chi connectivity index (χ0v) is 16.7. The van der Waals surface area contributed by atoms with Crippen molar-refractivity contribution in [2.45, 2.75) is 31.3 Å². The van der Waals surface area contributed by atoms with E-state index in [1.807, 2.05) is 12.3 Å². The number of thioether (sulfide) groups is 1. The van der Waals surface area contributed by atoms with E-state index in [1.54, 1.807) is 27.0 Å². The van der Waals surface area contributed by atoms with Crippen LogP contribution in [0.15, 0.2) is 34.0 Å². The minimum atomic E-state index is -0.678. The minimum absolute atomic E-state index is 0.0383. The Morgan fingerprint density at radius 2 is 2.07 bits per heavy atom. The Morgan fingerprint density at radius 1 is 1.37 bits per heavy atom. The number of aryl methyl sites for hydroxylation is 1. The number of hydrogen-bond acceptors (Lipinski definition) is 5. The third kappa shape index (κ3) is 5.28. The van der Waals surface area contributed by atoms with Crippen LogP contribution in [0.5, 0.6) is 0 Å². The number of carbonyl (C=O) groups excluding carboxylic acids is 1. The maximum atomic E-state index is 14.4. The van der Waals surface area contributed by atoms with Gasteiger partial charge in [0.05, 0.1) is 12.7 Å². The molecule has 1 heterocycles. The van der Waals surface area contributed by atoms with E-state index in [2.05, 4.69) is 0 Å². The Labute approximate surface area is 162 Å². The fraction of sp³-hybridized carbons (Fsp3) is 0.400. The third-order valence-electron chi connectivity index (χ3n) is 4.23. The Kier molecular flexibility index (Phi) is 7.35. The van der Waals surface area contributed by atoms with Gasteiger partial charge >= 0.3 is 0 Å². The summed E-state index contributed by atoms with van der Waals surface area (Å²) >= 11 is 1.44. The van der Waals surface area contributed by atoms with Crippen molar-refractivity contribution in [3.63, 3.8) is 0 Å². The molecule has 1 aromatic carbocycles. The predicted molar refractivity (Wildman–Crippen MR) is 104 cm³/mol. The van der Waals surface area contributed by atoms with Crippen LogP contribution in [0.2, 0.25) is 0 Å². The average Bonchev–Trinajstić information content (AvgIpc) is 2.62. The van der Waals surface area contributed by atoms with Gasteiger partial charge in [0.1, 0.15) is 12.4 Å². The molecule has 2 rings (SSSR count). The van der Waals surface area contributed by atoms with Crippen molar-refractivity contribution in [3.8, 4) is 0 Å². The van der Waals surface area contributed by atoms with Gasteiger partial charge < -0.3 is 14.4 Å². The summed E-state index contributed by atoms with van der Waals surface area (Å²) < 4.78 is 21.0. The van der Waals surface area contributed by atoms with Gasteiger partial charge in [-0.25, -0.2) is 4.39 Å². The van der Waals surface area contributed by atoms with Crippen molar-refractivity contribution >= 4 is 17.5 Å². The molecule has 0 saturated heterocycles. The summed E-state index contributed by atoms with van der Waals surface area (Å²) in [4.78, 5) is 25.8. The lowest BCUT2D eigenvalue weighted by Crippen LogP contribution is -2.27. The van der Waals surface area contributed by atoms with Gasteiger partial charge in [0.15, 0.2) is 5.78 Å². The molecule has 0 amide bonds. The summed E-state index contributed by atoms with van der Waals surface area (Å²) in [5, 5.41) is 9.26. The smallest absolute Gasteiger partial charge is 0.253 e. The molecule has 1 N–H and O–H groups in total. The van der Waals surface area contributed by atoms with Crippen LogP contribution < -0.4 is 5.56 Å². The maximum Gasteiger partial charge on any atom is 0.253 e. The molecule has 0 aliphatic rings. The SMILES string of the molecule is CSc1ccc(Cc2c(C(=O)COC[C@H](C)O)cc(C)c(=O)n2C)c(F)c1. The van der Waals surface area contributed by atoms with Gasteiger partial charge in [0.25, 0.3) is 5.56 Å². The number of halogens is 1. The van der Waals surface area contributed by atoms with E-state index in [4.69, 9.17) is 4.74 Å². The lowest BCUT2D eigenvalue weighted by atomic mass is 10.00. The zero-order valence-electron chi connectivity index (χ0n) is 15.9. The number of Topliss-reactive ketones (excluding diaryl/α,β-unsaturated/α-hetero) is 1. The van der Waals surface area contributed by atoms with Gasteiger partial charge in [-0.15, -0.1) is 11.8 Å². The first-order valence-corrected chi connectivity index (χ1v) is 9.78. The molecule has 0 fully saturated rings. The molecule has 0 spiro atoms. The molecule has 146 valence electrons. The summed E-state index contributed by atoms with van der Waals surface area (Å²) in [6, 6.07) is 6.45. The Bertz CT molecular complexity index is 892. The van der Waals surface area contributed by atoms with Crippen LogP contribution in [-0.2, 0) is 18.2 Å². The van der Waals surface area contributed by atoms with Crippen molar-refractivity contribution in [2.24, 2.45) is 7.05 Å². The zero-order chi connectivity index (χ0) is 20.1. The van der Waals surface area contributed by atoms with E-state index >= 15 is 0 Å². The molecule has 1 atom stereocenters. The number of benzene rings is 1. The van der Waals surface area contributed by atoms with Crippen molar-refractivity contribution < 1.29 is 19.0 Å². The Hall–Kier alpha value is -1.96. The molecule has 0 aliphatic heterocycles. The molecular formula is C20H24FNO4S. The van der Waals surface area contributed by atoms with Crippen molar-refractivity contribution in [1.29, 1.82) is 0 Å². The summed E-state index contributed by atoms with van der Waals surface area (Å²) in [6.07, 6.45) is 1.30. The van der Waals surface area contributed by atoms with E-state index in [-0.39, 0.29) is 36.8 Å². The van der Waals surface area contributed by atoms with Gasteiger partial charge in [-0.3, -0.25) is 9.59 Å². The minimum Gasteiger partial charge on any atom is -0.391 e. The van der Waals surface area contributed by atoms with Crippen molar-refractivity contribution in [1.82, 2.24) is 4.57 Å². The second-order valence-corrected chi connectivity index (χ2v) is 7.35. The van der Waals surface area contributed by atoms with E-state index in [9.17, 15) is 19.1 Å². The van der Waals surface area contributed by atoms with Gasteiger partial charge in [-0.2, -0.15) is 0 Å². The fourth-order valence-electron chi connectivity index (χ4n) is 2.76. The molecule has 0 radical (unpaired) electrons. The van der Waals surface area contributed by atoms with E-state index in [0.717, 1.165) is 4.90 Å². The number of pyridine rings is 1. The molecule has 0 aliphatic carbocycles. The molecule has 0 unspecified atom stereocenters. The molecule has 27 heavy (non-hydrogen) atoms. The van der Waals surface area contributed by atoms with Crippen LogP contribution >= 0.6 is 11.8 Å². The fourth-order valence-corrected chi connectivity index (χ4v) is 3.19. The molecule has 7 heteroatoms. The first-order chi connectivity index (χ1) is 12.7. The normalized spacial score (nSPS) is 12.2. The second-order valence-electron chi connectivity index (χ2n) is 6.47. The summed E-state index contributed by atoms with van der Waals surface area (Å²) in [6.45, 7) is 3.01. The van der Waals surface area contributed by atoms with Crippen molar-refractivity contribution in [3.05, 3.63) is 62.8 Å². The highest BCUT2D eigenvalue weighted by Gasteiger charge is 2.19. The average molecular weight is 393 g/mol. The third-order valence-corrected chi connectivity index (χ3v) is 4.95. The molecule has 2 aromatic rings. The maximum absolute atomic E-state index is 14.4. The quantitative estimate of drug-likeness (QED) is 0.552. The highest BCUT2D eigenvalue weighted by atomic mass is 32.2. The Morgan fingerprint density at radius 3 is 2.67 bits per heavy atom. The molecule has 0 bridgehead atoms. The van der Waals surface area contributed by atoms with Crippen LogP contribution in [0.4, 0.5) is 4.39 Å². The van der Waals surface area contributed by atoms with Gasteiger partial charge in [-0.1, -0.05) is 6.07 Å². The standard InChI is InChI=1S/C20H24FNO4S/c1-12-7-16(19(24)11-26-10-13(2)23)18(22(3)20(12)25)8-14-5-6-15(27-4)9-17(14)21/h5-7,9,13,23H,8,10-11H2,1-4H3/t13-/m0/s1. The first kappa shape index (κ1) is 21.3. The molecule has 5 nitrogen and oxygen atoms in total. The second kappa shape index (κ2) is 9.30. The number of carbonyl (C=O) groups is 1. The van der Waals surface area contributed by atoms with Gasteiger partial charge in [-0.05, 0) is 43.9 Å². The predicted octanol–water partition coefficient (Wildman–Crippen LogP) is 2.73. The van der Waals surface area contributed by atoms with Gasteiger partial charge in [0, 0.05) is 35.2 Å².